The second kappa shape index (κ2) is 10.6. The van der Waals surface area contributed by atoms with Gasteiger partial charge in [-0.15, -0.1) is 0 Å². The van der Waals surface area contributed by atoms with E-state index in [1.165, 1.54) is 11.3 Å². The fourth-order valence-corrected chi connectivity index (χ4v) is 6.58. The number of aliphatic hydroxyl groups excluding tert-OH is 1. The van der Waals surface area contributed by atoms with Gasteiger partial charge >= 0.3 is 6.01 Å². The first-order chi connectivity index (χ1) is 18.8. The lowest BCUT2D eigenvalue weighted by atomic mass is 10.0. The van der Waals surface area contributed by atoms with Crippen LogP contribution in [0.15, 0.2) is 24.3 Å². The molecule has 0 bridgehead atoms. The zero-order valence-electron chi connectivity index (χ0n) is 21.4. The number of nitrogen functional groups attached to an aromatic ring is 1. The van der Waals surface area contributed by atoms with Gasteiger partial charge in [0.1, 0.15) is 24.1 Å². The Morgan fingerprint density at radius 2 is 2.00 bits per heavy atom. The zero-order valence-corrected chi connectivity index (χ0v) is 23.0. The molecule has 8 nitrogen and oxygen atoms in total. The number of rotatable bonds is 5. The quantitative estimate of drug-likeness (QED) is 0.341. The first-order valence-corrected chi connectivity index (χ1v) is 14.2. The smallest absolute Gasteiger partial charge is 0.319 e. The Morgan fingerprint density at radius 1 is 1.18 bits per heavy atom. The summed E-state index contributed by atoms with van der Waals surface area (Å²) in [6.07, 6.45) is 0.414. The van der Waals surface area contributed by atoms with Gasteiger partial charge in [-0.2, -0.15) is 9.97 Å². The molecule has 0 saturated carbocycles. The maximum atomic E-state index is 16.5. The predicted molar refractivity (Wildman–Crippen MR) is 151 cm³/mol. The van der Waals surface area contributed by atoms with Gasteiger partial charge in [0, 0.05) is 29.1 Å². The summed E-state index contributed by atoms with van der Waals surface area (Å²) in [7, 11) is 2.04. The maximum Gasteiger partial charge on any atom is 0.319 e. The third-order valence-corrected chi connectivity index (χ3v) is 8.81. The van der Waals surface area contributed by atoms with E-state index in [0.29, 0.717) is 53.4 Å². The summed E-state index contributed by atoms with van der Waals surface area (Å²) in [6, 6.07) is 7.25. The average Bonchev–Trinajstić information content (AvgIpc) is 3.46. The van der Waals surface area contributed by atoms with E-state index in [9.17, 15) is 9.50 Å². The van der Waals surface area contributed by atoms with E-state index >= 15 is 4.39 Å². The molecule has 2 fully saturated rings. The standard InChI is InChI=1S/C27H29ClF2N6O2S/c1-35-9-3-5-14(35)13-38-27-33-24-16(25(34-27)36-10-4-7-19(37)18(29)12-36)11-17(28)21(22(24)30)15-6-2-8-20-23(15)32-26(31)39-20/h2,6,8,11,14,18-19,37H,3-5,7,9-10,12-13H2,1H3,(H2,31,32)/t14-,18?,19?/m0/s1. The Morgan fingerprint density at radius 3 is 2.79 bits per heavy atom. The zero-order chi connectivity index (χ0) is 27.3. The van der Waals surface area contributed by atoms with Crippen LogP contribution in [0.3, 0.4) is 0 Å². The summed E-state index contributed by atoms with van der Waals surface area (Å²) in [4.78, 5) is 17.4. The third-order valence-electron chi connectivity index (χ3n) is 7.66. The van der Waals surface area contributed by atoms with Gasteiger partial charge in [-0.3, -0.25) is 0 Å². The fraction of sp³-hybridized carbons (Fsp3) is 0.444. The highest BCUT2D eigenvalue weighted by Crippen LogP contribution is 2.42. The van der Waals surface area contributed by atoms with Crippen LogP contribution in [-0.2, 0) is 0 Å². The number of fused-ring (bicyclic) bond motifs is 2. The summed E-state index contributed by atoms with van der Waals surface area (Å²) in [5, 5.41) is 11.0. The molecule has 2 unspecified atom stereocenters. The molecular formula is C27H29ClF2N6O2S. The van der Waals surface area contributed by atoms with Crippen LogP contribution < -0.4 is 15.4 Å². The highest BCUT2D eigenvalue weighted by Gasteiger charge is 2.30. The molecule has 4 heterocycles. The molecule has 2 aliphatic heterocycles. The number of thiazole rings is 1. The minimum atomic E-state index is -1.47. The summed E-state index contributed by atoms with van der Waals surface area (Å²) < 4.78 is 38.1. The number of alkyl halides is 1. The summed E-state index contributed by atoms with van der Waals surface area (Å²) in [6.45, 7) is 1.68. The van der Waals surface area contributed by atoms with Crippen molar-refractivity contribution in [2.24, 2.45) is 0 Å². The topological polar surface area (TPSA) is 101 Å². The lowest BCUT2D eigenvalue weighted by molar-refractivity contribution is 0.0803. The van der Waals surface area contributed by atoms with Crippen molar-refractivity contribution in [3.05, 3.63) is 35.1 Å². The molecule has 12 heteroatoms. The molecule has 206 valence electrons. The molecule has 6 rings (SSSR count). The number of anilines is 2. The third kappa shape index (κ3) is 4.97. The molecule has 0 radical (unpaired) electrons. The number of nitrogens with two attached hydrogens (primary N) is 1. The number of likely N-dealkylation sites (N-methyl/N-ethyl adjacent to an activating group) is 1. The number of halogens is 3. The van der Waals surface area contributed by atoms with E-state index in [4.69, 9.17) is 22.1 Å². The van der Waals surface area contributed by atoms with Crippen molar-refractivity contribution in [1.29, 1.82) is 0 Å². The van der Waals surface area contributed by atoms with Gasteiger partial charge in [0.15, 0.2) is 10.9 Å². The van der Waals surface area contributed by atoms with E-state index in [-0.39, 0.29) is 34.7 Å². The van der Waals surface area contributed by atoms with Crippen molar-refractivity contribution in [3.8, 4) is 17.1 Å². The fourth-order valence-electron chi connectivity index (χ4n) is 5.53. The van der Waals surface area contributed by atoms with E-state index in [2.05, 4.69) is 19.9 Å². The summed E-state index contributed by atoms with van der Waals surface area (Å²) in [5.74, 6) is -0.315. The Kier molecular flexibility index (Phi) is 7.17. The molecular weight excluding hydrogens is 546 g/mol. The number of hydrogen-bond acceptors (Lipinski definition) is 9. The lowest BCUT2D eigenvalue weighted by Gasteiger charge is -2.25. The second-order valence-electron chi connectivity index (χ2n) is 10.2. The van der Waals surface area contributed by atoms with Crippen LogP contribution in [0.25, 0.3) is 32.2 Å². The van der Waals surface area contributed by atoms with E-state index in [1.54, 1.807) is 23.1 Å². The molecule has 39 heavy (non-hydrogen) atoms. The number of benzene rings is 2. The summed E-state index contributed by atoms with van der Waals surface area (Å²) in [5.41, 5.74) is 7.17. The Bertz CT molecular complexity index is 1540. The van der Waals surface area contributed by atoms with Crippen molar-refractivity contribution in [2.75, 3.05) is 43.9 Å². The van der Waals surface area contributed by atoms with Gasteiger partial charge in [-0.25, -0.2) is 13.8 Å². The number of hydrogen-bond donors (Lipinski definition) is 2. The first kappa shape index (κ1) is 26.4. The normalized spacial score (nSPS) is 22.6. The van der Waals surface area contributed by atoms with Gasteiger partial charge in [-0.1, -0.05) is 35.1 Å². The molecule has 4 aromatic rings. The van der Waals surface area contributed by atoms with Crippen molar-refractivity contribution in [2.45, 2.75) is 44.0 Å². The summed E-state index contributed by atoms with van der Waals surface area (Å²) >= 11 is 8.04. The number of ether oxygens (including phenoxy) is 1. The van der Waals surface area contributed by atoms with Crippen LogP contribution in [0, 0.1) is 5.82 Å². The molecule has 2 aromatic heterocycles. The Balaban J connectivity index is 1.50. The molecule has 2 aliphatic rings. The van der Waals surface area contributed by atoms with Crippen molar-refractivity contribution >= 4 is 55.0 Å². The predicted octanol–water partition coefficient (Wildman–Crippen LogP) is 5.05. The van der Waals surface area contributed by atoms with Gasteiger partial charge in [0.2, 0.25) is 0 Å². The molecule has 2 saturated heterocycles. The van der Waals surface area contributed by atoms with Gasteiger partial charge in [-0.05, 0) is 51.4 Å². The van der Waals surface area contributed by atoms with E-state index in [1.807, 2.05) is 13.1 Å². The minimum Gasteiger partial charge on any atom is -0.462 e. The number of likely N-dealkylation sites (tertiary alicyclic amines) is 1. The van der Waals surface area contributed by atoms with Crippen molar-refractivity contribution < 1.29 is 18.6 Å². The largest absolute Gasteiger partial charge is 0.462 e. The van der Waals surface area contributed by atoms with Crippen LogP contribution in [0.2, 0.25) is 5.02 Å². The van der Waals surface area contributed by atoms with Crippen LogP contribution in [0.4, 0.5) is 19.7 Å². The van der Waals surface area contributed by atoms with Crippen molar-refractivity contribution in [3.63, 3.8) is 0 Å². The number of aromatic nitrogens is 3. The highest BCUT2D eigenvalue weighted by atomic mass is 35.5. The Labute approximate surface area is 233 Å². The highest BCUT2D eigenvalue weighted by molar-refractivity contribution is 7.22. The van der Waals surface area contributed by atoms with Crippen LogP contribution in [0.1, 0.15) is 25.7 Å². The molecule has 0 aliphatic carbocycles. The molecule has 0 spiro atoms. The molecule has 2 aromatic carbocycles. The number of nitrogens with zero attached hydrogens (tertiary/aromatic N) is 5. The van der Waals surface area contributed by atoms with Gasteiger partial charge in [0.05, 0.1) is 27.9 Å². The number of para-hydroxylation sites is 1. The lowest BCUT2D eigenvalue weighted by Crippen LogP contribution is -2.34. The van der Waals surface area contributed by atoms with Crippen LogP contribution in [-0.4, -0.2) is 76.6 Å². The molecule has 3 N–H and O–H groups in total. The SMILES string of the molecule is CN1CCC[C@H]1COc1nc(N2CCCC(O)C(F)C2)c2cc(Cl)c(-c3cccc4sc(N)nc34)c(F)c2n1. The van der Waals surface area contributed by atoms with E-state index in [0.717, 1.165) is 24.1 Å². The van der Waals surface area contributed by atoms with E-state index < -0.39 is 18.1 Å². The number of aliphatic hydroxyl groups is 1. The average molecular weight is 575 g/mol. The Hall–Kier alpha value is -2.86. The molecule has 3 atom stereocenters. The van der Waals surface area contributed by atoms with Gasteiger partial charge in [0.25, 0.3) is 0 Å². The monoisotopic (exact) mass is 574 g/mol. The van der Waals surface area contributed by atoms with Crippen LogP contribution >= 0.6 is 22.9 Å². The minimum absolute atomic E-state index is 0.0151. The first-order valence-electron chi connectivity index (χ1n) is 13.1. The maximum absolute atomic E-state index is 16.5. The second-order valence-corrected chi connectivity index (χ2v) is 11.7. The van der Waals surface area contributed by atoms with Gasteiger partial charge < -0.3 is 25.4 Å². The van der Waals surface area contributed by atoms with Crippen molar-refractivity contribution in [1.82, 2.24) is 19.9 Å². The van der Waals surface area contributed by atoms with Crippen LogP contribution in [0.5, 0.6) is 6.01 Å². The molecule has 0 amide bonds.